The quantitative estimate of drug-likeness (QED) is 0.453. The Bertz CT molecular complexity index is 964. The Labute approximate surface area is 176 Å². The van der Waals surface area contributed by atoms with Gasteiger partial charge in [0.15, 0.2) is 0 Å². The molecule has 30 heavy (non-hydrogen) atoms. The molecule has 6 nitrogen and oxygen atoms in total. The summed E-state index contributed by atoms with van der Waals surface area (Å²) >= 11 is 0. The maximum Gasteiger partial charge on any atom is 0.295 e. The zero-order valence-corrected chi connectivity index (χ0v) is 17.1. The molecule has 0 bridgehead atoms. The van der Waals surface area contributed by atoms with E-state index in [2.05, 4.69) is 4.90 Å². The zero-order chi connectivity index (χ0) is 21.1. The van der Waals surface area contributed by atoms with Gasteiger partial charge in [0, 0.05) is 24.2 Å². The van der Waals surface area contributed by atoms with Gasteiger partial charge in [-0.25, -0.2) is 0 Å². The third kappa shape index (κ3) is 3.71. The summed E-state index contributed by atoms with van der Waals surface area (Å²) in [5.74, 6) is -0.820. The molecule has 156 valence electrons. The van der Waals surface area contributed by atoms with Crippen molar-refractivity contribution in [2.75, 3.05) is 33.3 Å². The summed E-state index contributed by atoms with van der Waals surface area (Å²) in [6.45, 7) is 3.13. The maximum absolute atomic E-state index is 13.0. The first-order chi connectivity index (χ1) is 14.6. The lowest BCUT2D eigenvalue weighted by Crippen LogP contribution is -2.37. The number of para-hydroxylation sites is 1. The van der Waals surface area contributed by atoms with E-state index in [1.807, 2.05) is 24.3 Å². The molecule has 0 aliphatic carbocycles. The highest BCUT2D eigenvalue weighted by Gasteiger charge is 2.46. The molecular weight excluding hydrogens is 380 g/mol. The summed E-state index contributed by atoms with van der Waals surface area (Å²) in [6.07, 6.45) is 2.31. The Kier molecular flexibility index (Phi) is 5.86. The van der Waals surface area contributed by atoms with E-state index in [0.717, 1.165) is 25.9 Å². The minimum atomic E-state index is -0.691. The lowest BCUT2D eigenvalue weighted by atomic mass is 9.94. The second-order valence-electron chi connectivity index (χ2n) is 7.65. The number of aliphatic hydroxyl groups is 1. The van der Waals surface area contributed by atoms with Crippen molar-refractivity contribution in [3.8, 4) is 5.75 Å². The highest BCUT2D eigenvalue weighted by molar-refractivity contribution is 6.46. The fraction of sp³-hybridized carbons (Fsp3) is 0.333. The summed E-state index contributed by atoms with van der Waals surface area (Å²) in [5, 5.41) is 11.0. The summed E-state index contributed by atoms with van der Waals surface area (Å²) in [4.78, 5) is 29.9. The average molecular weight is 406 g/mol. The number of Topliss-reactive ketones (excluding diaryl/α,β-unsaturated/α-hetero) is 1. The smallest absolute Gasteiger partial charge is 0.295 e. The van der Waals surface area contributed by atoms with E-state index in [0.29, 0.717) is 30.0 Å². The van der Waals surface area contributed by atoms with Crippen LogP contribution < -0.4 is 4.74 Å². The highest BCUT2D eigenvalue weighted by Crippen LogP contribution is 2.42. The van der Waals surface area contributed by atoms with Crippen LogP contribution in [0.4, 0.5) is 0 Å². The minimum absolute atomic E-state index is 0.108. The van der Waals surface area contributed by atoms with E-state index in [-0.39, 0.29) is 11.3 Å². The number of carbonyl (C=O) groups is 2. The second-order valence-corrected chi connectivity index (χ2v) is 7.65. The first-order valence-electron chi connectivity index (χ1n) is 10.3. The van der Waals surface area contributed by atoms with Gasteiger partial charge in [0.1, 0.15) is 11.5 Å². The van der Waals surface area contributed by atoms with Gasteiger partial charge in [-0.1, -0.05) is 48.5 Å². The molecule has 2 aromatic rings. The van der Waals surface area contributed by atoms with Crippen LogP contribution in [0.25, 0.3) is 5.76 Å². The molecule has 2 fully saturated rings. The first-order valence-corrected chi connectivity index (χ1v) is 10.3. The number of rotatable bonds is 6. The Balaban J connectivity index is 1.79. The number of ketones is 1. The van der Waals surface area contributed by atoms with Crippen LogP contribution in [0.1, 0.15) is 30.0 Å². The topological polar surface area (TPSA) is 70.1 Å². The Morgan fingerprint density at radius 2 is 1.67 bits per heavy atom. The van der Waals surface area contributed by atoms with Crippen LogP contribution in [0, 0.1) is 0 Å². The maximum atomic E-state index is 13.0. The van der Waals surface area contributed by atoms with E-state index in [1.54, 1.807) is 42.3 Å². The van der Waals surface area contributed by atoms with Gasteiger partial charge in [0.2, 0.25) is 0 Å². The molecule has 1 N–H and O–H groups in total. The van der Waals surface area contributed by atoms with Crippen LogP contribution in [0.15, 0.2) is 60.2 Å². The summed E-state index contributed by atoms with van der Waals surface area (Å²) in [7, 11) is 1.56. The number of hydrogen-bond donors (Lipinski definition) is 1. The third-order valence-corrected chi connectivity index (χ3v) is 5.88. The molecule has 2 aliphatic heterocycles. The SMILES string of the molecule is COc1ccccc1C1/C(=C(\O)c2ccccc2)C(=O)C(=O)N1CCN1CCCC1. The Morgan fingerprint density at radius 1 is 1.00 bits per heavy atom. The van der Waals surface area contributed by atoms with Crippen LogP contribution >= 0.6 is 0 Å². The van der Waals surface area contributed by atoms with Gasteiger partial charge in [-0.05, 0) is 32.0 Å². The van der Waals surface area contributed by atoms with Crippen molar-refractivity contribution < 1.29 is 19.4 Å². The molecule has 0 radical (unpaired) electrons. The fourth-order valence-corrected chi connectivity index (χ4v) is 4.33. The number of amides is 1. The van der Waals surface area contributed by atoms with E-state index >= 15 is 0 Å². The van der Waals surface area contributed by atoms with Crippen LogP contribution in [-0.4, -0.2) is 59.9 Å². The van der Waals surface area contributed by atoms with Crippen molar-refractivity contribution in [2.45, 2.75) is 18.9 Å². The van der Waals surface area contributed by atoms with Gasteiger partial charge in [0.05, 0.1) is 18.7 Å². The fourth-order valence-electron chi connectivity index (χ4n) is 4.33. The molecule has 6 heteroatoms. The zero-order valence-electron chi connectivity index (χ0n) is 17.1. The monoisotopic (exact) mass is 406 g/mol. The lowest BCUT2D eigenvalue weighted by molar-refractivity contribution is -0.140. The van der Waals surface area contributed by atoms with Crippen molar-refractivity contribution in [3.05, 3.63) is 71.3 Å². The number of benzene rings is 2. The molecule has 0 aromatic heterocycles. The normalized spacial score (nSPS) is 21.4. The molecule has 2 aromatic carbocycles. The van der Waals surface area contributed by atoms with E-state index in [1.165, 1.54) is 0 Å². The van der Waals surface area contributed by atoms with Gasteiger partial charge in [0.25, 0.3) is 11.7 Å². The molecule has 2 saturated heterocycles. The largest absolute Gasteiger partial charge is 0.507 e. The predicted octanol–water partition coefficient (Wildman–Crippen LogP) is 3.21. The van der Waals surface area contributed by atoms with Gasteiger partial charge < -0.3 is 19.6 Å². The standard InChI is InChI=1S/C24H26N2O4/c1-30-19-12-6-5-11-18(19)21-20(22(27)17-9-3-2-4-10-17)23(28)24(29)26(21)16-15-25-13-7-8-14-25/h2-6,9-12,21,27H,7-8,13-16H2,1H3/b22-20+. The Hall–Kier alpha value is -3.12. The Morgan fingerprint density at radius 3 is 2.37 bits per heavy atom. The van der Waals surface area contributed by atoms with E-state index in [4.69, 9.17) is 4.74 Å². The van der Waals surface area contributed by atoms with Crippen molar-refractivity contribution in [1.82, 2.24) is 9.80 Å². The van der Waals surface area contributed by atoms with Crippen molar-refractivity contribution in [2.24, 2.45) is 0 Å². The van der Waals surface area contributed by atoms with E-state index < -0.39 is 17.7 Å². The lowest BCUT2D eigenvalue weighted by Gasteiger charge is -2.28. The molecule has 1 unspecified atom stereocenters. The van der Waals surface area contributed by atoms with Crippen LogP contribution in [0.2, 0.25) is 0 Å². The number of hydrogen-bond acceptors (Lipinski definition) is 5. The summed E-state index contributed by atoms with van der Waals surface area (Å²) < 4.78 is 5.52. The summed E-state index contributed by atoms with van der Waals surface area (Å²) in [5.41, 5.74) is 1.31. The molecule has 2 heterocycles. The third-order valence-electron chi connectivity index (χ3n) is 5.88. The van der Waals surface area contributed by atoms with Crippen LogP contribution in [-0.2, 0) is 9.59 Å². The predicted molar refractivity (Wildman–Crippen MR) is 114 cm³/mol. The molecule has 0 saturated carbocycles. The molecule has 2 aliphatic rings. The molecule has 1 amide bonds. The average Bonchev–Trinajstić information content (AvgIpc) is 3.39. The molecule has 4 rings (SSSR count). The molecule has 1 atom stereocenters. The van der Waals surface area contributed by atoms with Gasteiger partial charge >= 0.3 is 0 Å². The number of nitrogens with zero attached hydrogens (tertiary/aromatic N) is 2. The number of aliphatic hydroxyl groups excluding tert-OH is 1. The first kappa shape index (κ1) is 20.2. The van der Waals surface area contributed by atoms with Crippen molar-refractivity contribution in [1.29, 1.82) is 0 Å². The van der Waals surface area contributed by atoms with Crippen LogP contribution in [0.5, 0.6) is 5.75 Å². The number of likely N-dealkylation sites (tertiary alicyclic amines) is 2. The number of methoxy groups -OCH3 is 1. The number of carbonyl (C=O) groups excluding carboxylic acids is 2. The minimum Gasteiger partial charge on any atom is -0.507 e. The second kappa shape index (κ2) is 8.71. The van der Waals surface area contributed by atoms with Gasteiger partial charge in [-0.2, -0.15) is 0 Å². The molecular formula is C24H26N2O4. The van der Waals surface area contributed by atoms with E-state index in [9.17, 15) is 14.7 Å². The van der Waals surface area contributed by atoms with Crippen molar-refractivity contribution >= 4 is 17.4 Å². The van der Waals surface area contributed by atoms with Crippen molar-refractivity contribution in [3.63, 3.8) is 0 Å². The molecule has 0 spiro atoms. The van der Waals surface area contributed by atoms with Gasteiger partial charge in [-0.3, -0.25) is 9.59 Å². The number of ether oxygens (including phenoxy) is 1. The van der Waals surface area contributed by atoms with Gasteiger partial charge in [-0.15, -0.1) is 0 Å². The van der Waals surface area contributed by atoms with Crippen LogP contribution in [0.3, 0.4) is 0 Å². The summed E-state index contributed by atoms with van der Waals surface area (Å²) in [6, 6.07) is 15.5. The highest BCUT2D eigenvalue weighted by atomic mass is 16.5.